The van der Waals surface area contributed by atoms with Crippen LogP contribution in [-0.4, -0.2) is 76.0 Å². The lowest BCUT2D eigenvalue weighted by Gasteiger charge is -2.49. The number of phenolic OH excluding ortho intramolecular Hbond substituents is 1. The Labute approximate surface area is 184 Å². The Balaban J connectivity index is 1.44. The number of aromatic hydroxyl groups is 1. The average Bonchev–Trinajstić information content (AvgIpc) is 3.16. The number of fused-ring (bicyclic) bond motifs is 1. The van der Waals surface area contributed by atoms with Crippen molar-refractivity contribution in [1.82, 2.24) is 30.4 Å². The maximum Gasteiger partial charge on any atom is 0.352 e. The number of thioether (sulfide) groups is 2. The summed E-state index contributed by atoms with van der Waals surface area (Å²) < 4.78 is 1.48. The summed E-state index contributed by atoms with van der Waals surface area (Å²) in [4.78, 5) is 38.2. The van der Waals surface area contributed by atoms with Crippen LogP contribution in [0.5, 0.6) is 5.75 Å². The van der Waals surface area contributed by atoms with Gasteiger partial charge in [-0.05, 0) is 22.1 Å². The molecule has 11 nitrogen and oxygen atoms in total. The van der Waals surface area contributed by atoms with Gasteiger partial charge < -0.3 is 15.5 Å². The van der Waals surface area contributed by atoms with Crippen LogP contribution in [0.4, 0.5) is 0 Å². The van der Waals surface area contributed by atoms with Gasteiger partial charge in [-0.25, -0.2) is 9.48 Å². The van der Waals surface area contributed by atoms with Crippen molar-refractivity contribution in [2.75, 3.05) is 11.5 Å². The molecule has 0 aliphatic carbocycles. The SMILES string of the molecule is Cn1nnnc1SCC1=C(C(=O)O)N2C(=O)C(NC(=O)Cc3ccccc3O)[C@H]2SC1. The van der Waals surface area contributed by atoms with E-state index in [-0.39, 0.29) is 17.9 Å². The minimum absolute atomic E-state index is 0.00241. The molecule has 2 aliphatic heterocycles. The lowest BCUT2D eigenvalue weighted by atomic mass is 10.0. The summed E-state index contributed by atoms with van der Waals surface area (Å²) in [6.07, 6.45) is -0.0803. The quantitative estimate of drug-likeness (QED) is 0.378. The molecule has 0 bridgehead atoms. The third-order valence-corrected chi connectivity index (χ3v) is 7.30. The van der Waals surface area contributed by atoms with E-state index >= 15 is 0 Å². The fourth-order valence-electron chi connectivity index (χ4n) is 3.35. The highest BCUT2D eigenvalue weighted by Gasteiger charge is 2.54. The first kappa shape index (κ1) is 21.2. The van der Waals surface area contributed by atoms with Crippen LogP contribution in [-0.2, 0) is 27.9 Å². The van der Waals surface area contributed by atoms with Gasteiger partial charge in [0.2, 0.25) is 11.1 Å². The van der Waals surface area contributed by atoms with E-state index in [0.717, 1.165) is 0 Å². The minimum Gasteiger partial charge on any atom is -0.508 e. The van der Waals surface area contributed by atoms with Crippen LogP contribution in [0.3, 0.4) is 0 Å². The lowest BCUT2D eigenvalue weighted by molar-refractivity contribution is -0.150. The van der Waals surface area contributed by atoms with E-state index in [2.05, 4.69) is 20.8 Å². The number of hydrogen-bond acceptors (Lipinski definition) is 9. The molecule has 4 rings (SSSR count). The van der Waals surface area contributed by atoms with Crippen molar-refractivity contribution >= 4 is 41.3 Å². The zero-order valence-electron chi connectivity index (χ0n) is 16.3. The van der Waals surface area contributed by atoms with Crippen LogP contribution in [0.1, 0.15) is 5.56 Å². The molecule has 2 aromatic rings. The fraction of sp³-hybridized carbons (Fsp3) is 0.333. The molecular weight excluding hydrogens is 444 g/mol. The molecule has 1 unspecified atom stereocenters. The van der Waals surface area contributed by atoms with Crippen molar-refractivity contribution in [3.8, 4) is 5.75 Å². The molecule has 1 saturated heterocycles. The lowest BCUT2D eigenvalue weighted by Crippen LogP contribution is -2.70. The van der Waals surface area contributed by atoms with Crippen molar-refractivity contribution < 1.29 is 24.6 Å². The number of hydrogen-bond donors (Lipinski definition) is 3. The number of aromatic nitrogens is 4. The Kier molecular flexibility index (Phi) is 5.87. The first-order valence-electron chi connectivity index (χ1n) is 9.18. The Hall–Kier alpha value is -3.06. The molecule has 3 heterocycles. The van der Waals surface area contributed by atoms with Crippen molar-refractivity contribution in [2.45, 2.75) is 23.0 Å². The number of carboxylic acid groups (broad SMARTS) is 1. The summed E-state index contributed by atoms with van der Waals surface area (Å²) in [7, 11) is 1.68. The van der Waals surface area contributed by atoms with E-state index < -0.39 is 29.2 Å². The van der Waals surface area contributed by atoms with Crippen LogP contribution >= 0.6 is 23.5 Å². The number of carboxylic acids is 1. The average molecular weight is 463 g/mol. The number of tetrazole rings is 1. The number of para-hydroxylation sites is 1. The number of aliphatic carboxylic acids is 1. The monoisotopic (exact) mass is 462 g/mol. The number of carbonyl (C=O) groups excluding carboxylic acids is 2. The van der Waals surface area contributed by atoms with Crippen LogP contribution in [0, 0.1) is 0 Å². The largest absolute Gasteiger partial charge is 0.508 e. The highest BCUT2D eigenvalue weighted by Crippen LogP contribution is 2.41. The molecule has 31 heavy (non-hydrogen) atoms. The summed E-state index contributed by atoms with van der Waals surface area (Å²) >= 11 is 2.68. The van der Waals surface area contributed by atoms with Crippen LogP contribution in [0.2, 0.25) is 0 Å². The molecule has 1 aromatic heterocycles. The normalized spacial score (nSPS) is 20.3. The summed E-state index contributed by atoms with van der Waals surface area (Å²) in [6, 6.07) is 5.65. The van der Waals surface area contributed by atoms with Gasteiger partial charge in [-0.2, -0.15) is 0 Å². The van der Waals surface area contributed by atoms with E-state index in [1.165, 1.54) is 39.2 Å². The predicted molar refractivity (Wildman–Crippen MR) is 111 cm³/mol. The van der Waals surface area contributed by atoms with Gasteiger partial charge in [0.15, 0.2) is 0 Å². The Morgan fingerprint density at radius 1 is 1.35 bits per heavy atom. The maximum absolute atomic E-state index is 12.7. The number of nitrogens with one attached hydrogen (secondary N) is 1. The molecule has 1 aromatic carbocycles. The van der Waals surface area contributed by atoms with Gasteiger partial charge in [0, 0.05) is 24.1 Å². The van der Waals surface area contributed by atoms with Gasteiger partial charge in [0.1, 0.15) is 22.9 Å². The fourth-order valence-corrected chi connectivity index (χ4v) is 5.68. The first-order chi connectivity index (χ1) is 14.9. The highest BCUT2D eigenvalue weighted by atomic mass is 32.2. The smallest absolute Gasteiger partial charge is 0.352 e. The number of benzene rings is 1. The number of carbonyl (C=O) groups is 3. The van der Waals surface area contributed by atoms with Gasteiger partial charge in [-0.3, -0.25) is 14.5 Å². The summed E-state index contributed by atoms with van der Waals surface area (Å²) in [5, 5.41) is 33.4. The zero-order chi connectivity index (χ0) is 22.1. The Morgan fingerprint density at radius 3 is 2.81 bits per heavy atom. The number of amides is 2. The first-order valence-corrected chi connectivity index (χ1v) is 11.2. The highest BCUT2D eigenvalue weighted by molar-refractivity contribution is 8.01. The number of rotatable bonds is 7. The molecule has 0 spiro atoms. The topological polar surface area (TPSA) is 151 Å². The molecular formula is C18H18N6O5S2. The summed E-state index contributed by atoms with van der Waals surface area (Å²) in [5.74, 6) is -1.35. The third-order valence-electron chi connectivity index (χ3n) is 4.87. The molecule has 13 heteroatoms. The molecule has 2 atom stereocenters. The second-order valence-corrected chi connectivity index (χ2v) is 8.94. The number of aryl methyl sites for hydroxylation is 1. The number of β-lactam (4-membered cyclic amide) rings is 1. The zero-order valence-corrected chi connectivity index (χ0v) is 17.9. The second kappa shape index (κ2) is 8.59. The van der Waals surface area contributed by atoms with Crippen LogP contribution in [0.25, 0.3) is 0 Å². The van der Waals surface area contributed by atoms with E-state index in [1.807, 2.05) is 0 Å². The van der Waals surface area contributed by atoms with Gasteiger partial charge in [0.05, 0.1) is 6.42 Å². The maximum atomic E-state index is 12.7. The molecule has 2 amide bonds. The number of nitrogens with zero attached hydrogens (tertiary/aromatic N) is 5. The van der Waals surface area contributed by atoms with E-state index in [4.69, 9.17) is 0 Å². The van der Waals surface area contributed by atoms with E-state index in [0.29, 0.717) is 27.8 Å². The predicted octanol–water partition coefficient (Wildman–Crippen LogP) is -0.0109. The van der Waals surface area contributed by atoms with Gasteiger partial charge in [-0.15, -0.1) is 16.9 Å². The van der Waals surface area contributed by atoms with Gasteiger partial charge in [0.25, 0.3) is 5.91 Å². The molecule has 162 valence electrons. The molecule has 0 radical (unpaired) electrons. The number of phenols is 1. The van der Waals surface area contributed by atoms with Crippen molar-refractivity contribution in [1.29, 1.82) is 0 Å². The summed E-state index contributed by atoms with van der Waals surface area (Å²) in [5.41, 5.74) is 0.986. The minimum atomic E-state index is -1.19. The third kappa shape index (κ3) is 4.10. The molecule has 0 saturated carbocycles. The van der Waals surface area contributed by atoms with Crippen LogP contribution in [0.15, 0.2) is 40.7 Å². The standard InChI is InChI=1S/C18H18N6O5S2/c1-23-18(20-21-22-23)31-8-10-7-30-16-13(15(27)24(16)14(10)17(28)29)19-12(26)6-9-4-2-3-5-11(9)25/h2-5,13,16,25H,6-8H2,1H3,(H,19,26)(H,28,29)/t13?,16-/m1/s1. The van der Waals surface area contributed by atoms with Crippen LogP contribution < -0.4 is 5.32 Å². The van der Waals surface area contributed by atoms with Gasteiger partial charge in [-0.1, -0.05) is 30.0 Å². The molecule has 3 N–H and O–H groups in total. The van der Waals surface area contributed by atoms with Gasteiger partial charge >= 0.3 is 5.97 Å². The van der Waals surface area contributed by atoms with Crippen molar-refractivity contribution in [3.63, 3.8) is 0 Å². The van der Waals surface area contributed by atoms with E-state index in [9.17, 15) is 24.6 Å². The molecule has 2 aliphatic rings. The Morgan fingerprint density at radius 2 is 2.13 bits per heavy atom. The van der Waals surface area contributed by atoms with Crippen molar-refractivity contribution in [2.24, 2.45) is 7.05 Å². The second-order valence-electron chi connectivity index (χ2n) is 6.89. The van der Waals surface area contributed by atoms with Crippen molar-refractivity contribution in [3.05, 3.63) is 41.1 Å². The summed E-state index contributed by atoms with van der Waals surface area (Å²) in [6.45, 7) is 0. The molecule has 1 fully saturated rings. The van der Waals surface area contributed by atoms with E-state index in [1.54, 1.807) is 25.2 Å². The Bertz CT molecular complexity index is 1090.